The molecule has 0 spiro atoms. The Morgan fingerprint density at radius 1 is 0.237 bits per heavy atom. The number of hydrogen-bond acceptors (Lipinski definition) is 1. The van der Waals surface area contributed by atoms with Crippen molar-refractivity contribution in [1.29, 1.82) is 0 Å². The standard InChI is InChI=1S/C58H39N/c1-4-17-41(18-5-1)47-37-38-56(52-28-14-12-26-49(47)52)59(55-30-16-24-42-19-10-11-25-48(42)55)46-34-31-40(32-35-46)45-33-36-51-50-27-13-15-29-53(50)57(43-20-6-2-7-21-43)58(54(51)39-45)44-22-8-3-9-23-44/h1-39H. The molecule has 11 rings (SSSR count). The number of nitrogens with zero attached hydrogens (tertiary/aromatic N) is 1. The van der Waals surface area contributed by atoms with Crippen molar-refractivity contribution in [1.82, 2.24) is 0 Å². The van der Waals surface area contributed by atoms with Gasteiger partial charge in [-0.05, 0) is 107 Å². The Balaban J connectivity index is 1.10. The Hall–Kier alpha value is -7.74. The van der Waals surface area contributed by atoms with Crippen molar-refractivity contribution in [2.75, 3.05) is 4.90 Å². The average molecular weight is 750 g/mol. The van der Waals surface area contributed by atoms with Crippen molar-refractivity contribution in [3.8, 4) is 44.5 Å². The van der Waals surface area contributed by atoms with Gasteiger partial charge in [0.05, 0.1) is 11.4 Å². The first-order chi connectivity index (χ1) is 29.3. The van der Waals surface area contributed by atoms with Gasteiger partial charge >= 0.3 is 0 Å². The quantitative estimate of drug-likeness (QED) is 0.147. The molecule has 276 valence electrons. The molecule has 0 bridgehead atoms. The summed E-state index contributed by atoms with van der Waals surface area (Å²) in [6.07, 6.45) is 0. The van der Waals surface area contributed by atoms with Gasteiger partial charge in [0.15, 0.2) is 0 Å². The van der Waals surface area contributed by atoms with Gasteiger partial charge in [0.1, 0.15) is 0 Å². The molecule has 0 aliphatic rings. The summed E-state index contributed by atoms with van der Waals surface area (Å²) in [5, 5.41) is 9.88. The van der Waals surface area contributed by atoms with Crippen LogP contribution in [0, 0.1) is 0 Å². The summed E-state index contributed by atoms with van der Waals surface area (Å²) in [5.74, 6) is 0. The molecule has 0 unspecified atom stereocenters. The third kappa shape index (κ3) is 6.04. The maximum Gasteiger partial charge on any atom is 0.0540 e. The number of anilines is 3. The highest BCUT2D eigenvalue weighted by Gasteiger charge is 2.21. The topological polar surface area (TPSA) is 3.24 Å². The van der Waals surface area contributed by atoms with Gasteiger partial charge in [-0.3, -0.25) is 0 Å². The van der Waals surface area contributed by atoms with Gasteiger partial charge in [-0.2, -0.15) is 0 Å². The lowest BCUT2D eigenvalue weighted by Crippen LogP contribution is -2.11. The molecule has 1 heteroatoms. The SMILES string of the molecule is c1ccc(-c2ccc(N(c3ccc(-c4ccc5c(c4)c(-c4ccccc4)c(-c4ccccc4)c4ccccc45)cc3)c3cccc4ccccc34)c3ccccc23)cc1. The lowest BCUT2D eigenvalue weighted by atomic mass is 9.84. The first-order valence-corrected chi connectivity index (χ1v) is 20.3. The molecule has 0 aromatic heterocycles. The molecule has 1 nitrogen and oxygen atoms in total. The maximum absolute atomic E-state index is 2.44. The van der Waals surface area contributed by atoms with E-state index in [0.717, 1.165) is 17.1 Å². The zero-order valence-electron chi connectivity index (χ0n) is 32.5. The van der Waals surface area contributed by atoms with Gasteiger partial charge in [0, 0.05) is 16.5 Å². The summed E-state index contributed by atoms with van der Waals surface area (Å²) in [5.41, 5.74) is 13.2. The fourth-order valence-electron chi connectivity index (χ4n) is 9.14. The van der Waals surface area contributed by atoms with Crippen LogP contribution in [-0.2, 0) is 0 Å². The largest absolute Gasteiger partial charge is 0.309 e. The van der Waals surface area contributed by atoms with Crippen molar-refractivity contribution in [2.24, 2.45) is 0 Å². The van der Waals surface area contributed by atoms with Crippen LogP contribution in [0.15, 0.2) is 237 Å². The summed E-state index contributed by atoms with van der Waals surface area (Å²) in [6.45, 7) is 0. The van der Waals surface area contributed by atoms with E-state index in [0.29, 0.717) is 0 Å². The fraction of sp³-hybridized carbons (Fsp3) is 0. The van der Waals surface area contributed by atoms with Crippen molar-refractivity contribution in [2.45, 2.75) is 0 Å². The van der Waals surface area contributed by atoms with Crippen LogP contribution in [0.5, 0.6) is 0 Å². The summed E-state index contributed by atoms with van der Waals surface area (Å²) in [7, 11) is 0. The van der Waals surface area contributed by atoms with E-state index in [9.17, 15) is 0 Å². The predicted octanol–water partition coefficient (Wildman–Crippen LogP) is 16.4. The van der Waals surface area contributed by atoms with Crippen molar-refractivity contribution >= 4 is 60.2 Å². The minimum absolute atomic E-state index is 1.10. The predicted molar refractivity (Wildman–Crippen MR) is 253 cm³/mol. The Bertz CT molecular complexity index is 3290. The maximum atomic E-state index is 2.44. The van der Waals surface area contributed by atoms with Crippen molar-refractivity contribution < 1.29 is 0 Å². The van der Waals surface area contributed by atoms with E-state index in [1.807, 2.05) is 0 Å². The van der Waals surface area contributed by atoms with E-state index < -0.39 is 0 Å². The monoisotopic (exact) mass is 749 g/mol. The first-order valence-electron chi connectivity index (χ1n) is 20.3. The second kappa shape index (κ2) is 14.6. The third-order valence-corrected chi connectivity index (χ3v) is 11.8. The van der Waals surface area contributed by atoms with Gasteiger partial charge in [-0.1, -0.05) is 206 Å². The van der Waals surface area contributed by atoms with Gasteiger partial charge in [0.2, 0.25) is 0 Å². The van der Waals surface area contributed by atoms with Gasteiger partial charge < -0.3 is 4.90 Å². The Morgan fingerprint density at radius 2 is 0.729 bits per heavy atom. The molecule has 0 aliphatic carbocycles. The molecule has 0 radical (unpaired) electrons. The molecule has 0 amide bonds. The van der Waals surface area contributed by atoms with E-state index in [-0.39, 0.29) is 0 Å². The average Bonchev–Trinajstić information content (AvgIpc) is 3.32. The van der Waals surface area contributed by atoms with E-state index in [1.54, 1.807) is 0 Å². The van der Waals surface area contributed by atoms with Crippen LogP contribution in [0.1, 0.15) is 0 Å². The van der Waals surface area contributed by atoms with Gasteiger partial charge in [0.25, 0.3) is 0 Å². The highest BCUT2D eigenvalue weighted by molar-refractivity contribution is 6.22. The van der Waals surface area contributed by atoms with E-state index in [2.05, 4.69) is 241 Å². The second-order valence-corrected chi connectivity index (χ2v) is 15.2. The van der Waals surface area contributed by atoms with Crippen LogP contribution < -0.4 is 4.90 Å². The summed E-state index contributed by atoms with van der Waals surface area (Å²) < 4.78 is 0. The van der Waals surface area contributed by atoms with Crippen molar-refractivity contribution in [3.05, 3.63) is 237 Å². The Morgan fingerprint density at radius 3 is 1.42 bits per heavy atom. The van der Waals surface area contributed by atoms with Crippen molar-refractivity contribution in [3.63, 3.8) is 0 Å². The van der Waals surface area contributed by atoms with Crippen LogP contribution in [-0.4, -0.2) is 0 Å². The first kappa shape index (κ1) is 34.5. The fourth-order valence-corrected chi connectivity index (χ4v) is 9.14. The molecule has 11 aromatic carbocycles. The lowest BCUT2D eigenvalue weighted by Gasteiger charge is -2.29. The van der Waals surface area contributed by atoms with Crippen LogP contribution >= 0.6 is 0 Å². The van der Waals surface area contributed by atoms with E-state index >= 15 is 0 Å². The number of hydrogen-bond donors (Lipinski definition) is 0. The Kier molecular flexibility index (Phi) is 8.56. The van der Waals surface area contributed by atoms with Crippen LogP contribution in [0.2, 0.25) is 0 Å². The second-order valence-electron chi connectivity index (χ2n) is 15.2. The summed E-state index contributed by atoms with van der Waals surface area (Å²) in [4.78, 5) is 2.44. The molecule has 0 saturated heterocycles. The van der Waals surface area contributed by atoms with Gasteiger partial charge in [-0.25, -0.2) is 0 Å². The number of rotatable bonds is 7. The summed E-state index contributed by atoms with van der Waals surface area (Å²) in [6, 6.07) is 86.2. The zero-order valence-corrected chi connectivity index (χ0v) is 32.5. The zero-order chi connectivity index (χ0) is 39.1. The highest BCUT2D eigenvalue weighted by Crippen LogP contribution is 2.47. The molecule has 0 heterocycles. The smallest absolute Gasteiger partial charge is 0.0540 e. The molecule has 0 aliphatic heterocycles. The lowest BCUT2D eigenvalue weighted by molar-refractivity contribution is 1.31. The number of benzene rings is 11. The highest BCUT2D eigenvalue weighted by atomic mass is 15.1. The molecule has 59 heavy (non-hydrogen) atoms. The van der Waals surface area contributed by atoms with Crippen LogP contribution in [0.25, 0.3) is 87.6 Å². The molecule has 11 aromatic rings. The molecule has 0 atom stereocenters. The normalized spacial score (nSPS) is 11.4. The van der Waals surface area contributed by atoms with Crippen LogP contribution in [0.3, 0.4) is 0 Å². The van der Waals surface area contributed by atoms with Gasteiger partial charge in [-0.15, -0.1) is 0 Å². The summed E-state index contributed by atoms with van der Waals surface area (Å²) >= 11 is 0. The molecular weight excluding hydrogens is 711 g/mol. The Labute approximate surface area is 344 Å². The molecule has 0 N–H and O–H groups in total. The molecular formula is C58H39N. The molecule has 0 saturated carbocycles. The molecule has 0 fully saturated rings. The third-order valence-electron chi connectivity index (χ3n) is 11.8. The minimum atomic E-state index is 1.10. The van der Waals surface area contributed by atoms with E-state index in [1.165, 1.54) is 87.6 Å². The number of fused-ring (bicyclic) bond motifs is 5. The minimum Gasteiger partial charge on any atom is -0.309 e. The van der Waals surface area contributed by atoms with E-state index in [4.69, 9.17) is 0 Å². The van der Waals surface area contributed by atoms with Crippen LogP contribution in [0.4, 0.5) is 17.1 Å².